The summed E-state index contributed by atoms with van der Waals surface area (Å²) < 4.78 is 6.72. The summed E-state index contributed by atoms with van der Waals surface area (Å²) in [7, 11) is 1.84. The van der Waals surface area contributed by atoms with E-state index in [4.69, 9.17) is 4.74 Å². The highest BCUT2D eigenvalue weighted by molar-refractivity contribution is 5.89. The van der Waals surface area contributed by atoms with Gasteiger partial charge in [0.05, 0.1) is 12.3 Å². The van der Waals surface area contributed by atoms with Crippen LogP contribution in [0.15, 0.2) is 0 Å². The van der Waals surface area contributed by atoms with E-state index < -0.39 is 0 Å². The average Bonchev–Trinajstić information content (AvgIpc) is 2.90. The lowest BCUT2D eigenvalue weighted by Crippen LogP contribution is -2.51. The zero-order chi connectivity index (χ0) is 17.7. The van der Waals surface area contributed by atoms with Crippen LogP contribution in [-0.4, -0.2) is 64.5 Å². The SMILES string of the molecule is CCOC(=O)N1CCN(C(=O)Nc2c(CC)c(CC)nn2C)CC1. The summed E-state index contributed by atoms with van der Waals surface area (Å²) in [6, 6.07) is -0.154. The molecule has 1 aromatic heterocycles. The molecule has 0 bridgehead atoms. The quantitative estimate of drug-likeness (QED) is 0.909. The molecule has 1 aliphatic heterocycles. The van der Waals surface area contributed by atoms with Crippen LogP contribution in [0.2, 0.25) is 0 Å². The van der Waals surface area contributed by atoms with E-state index >= 15 is 0 Å². The molecular formula is C16H27N5O3. The Kier molecular flexibility index (Phi) is 6.05. The van der Waals surface area contributed by atoms with E-state index in [0.717, 1.165) is 29.9 Å². The highest BCUT2D eigenvalue weighted by Crippen LogP contribution is 2.21. The van der Waals surface area contributed by atoms with Crippen LogP contribution in [0.5, 0.6) is 0 Å². The Morgan fingerprint density at radius 3 is 2.25 bits per heavy atom. The fourth-order valence-corrected chi connectivity index (χ4v) is 2.92. The Labute approximate surface area is 142 Å². The smallest absolute Gasteiger partial charge is 0.409 e. The molecule has 24 heavy (non-hydrogen) atoms. The molecule has 0 aliphatic carbocycles. The Morgan fingerprint density at radius 2 is 1.71 bits per heavy atom. The first-order chi connectivity index (χ1) is 11.5. The number of ether oxygens (including phenoxy) is 1. The first-order valence-corrected chi connectivity index (χ1v) is 8.54. The van der Waals surface area contributed by atoms with Crippen LogP contribution in [0, 0.1) is 0 Å². The number of anilines is 1. The molecule has 0 unspecified atom stereocenters. The van der Waals surface area contributed by atoms with Crippen molar-refractivity contribution in [1.82, 2.24) is 19.6 Å². The molecule has 2 rings (SSSR count). The van der Waals surface area contributed by atoms with Gasteiger partial charge in [0.25, 0.3) is 0 Å². The second kappa shape index (κ2) is 8.03. The third kappa shape index (κ3) is 3.80. The van der Waals surface area contributed by atoms with E-state index in [9.17, 15) is 9.59 Å². The molecule has 1 aromatic rings. The average molecular weight is 337 g/mol. The highest BCUT2D eigenvalue weighted by atomic mass is 16.6. The molecule has 0 aromatic carbocycles. The highest BCUT2D eigenvalue weighted by Gasteiger charge is 2.26. The third-order valence-corrected chi connectivity index (χ3v) is 4.24. The molecule has 8 nitrogen and oxygen atoms in total. The summed E-state index contributed by atoms with van der Waals surface area (Å²) in [6.07, 6.45) is 1.35. The van der Waals surface area contributed by atoms with Gasteiger partial charge < -0.3 is 14.5 Å². The van der Waals surface area contributed by atoms with Crippen LogP contribution < -0.4 is 5.32 Å². The molecule has 0 atom stereocenters. The molecule has 1 N–H and O–H groups in total. The monoisotopic (exact) mass is 337 g/mol. The fraction of sp³-hybridized carbons (Fsp3) is 0.688. The lowest BCUT2D eigenvalue weighted by molar-refractivity contribution is 0.0868. The van der Waals surface area contributed by atoms with Crippen molar-refractivity contribution in [2.45, 2.75) is 33.6 Å². The van der Waals surface area contributed by atoms with Gasteiger partial charge in [-0.2, -0.15) is 5.10 Å². The van der Waals surface area contributed by atoms with Crippen molar-refractivity contribution in [3.8, 4) is 0 Å². The summed E-state index contributed by atoms with van der Waals surface area (Å²) in [5.41, 5.74) is 2.10. The molecule has 3 amide bonds. The number of nitrogens with zero attached hydrogens (tertiary/aromatic N) is 4. The van der Waals surface area contributed by atoms with Crippen molar-refractivity contribution in [3.63, 3.8) is 0 Å². The number of nitrogens with one attached hydrogen (secondary N) is 1. The van der Waals surface area contributed by atoms with Crippen LogP contribution in [0.25, 0.3) is 0 Å². The molecule has 8 heteroatoms. The predicted octanol–water partition coefficient (Wildman–Crippen LogP) is 1.85. The Bertz CT molecular complexity index is 591. The minimum atomic E-state index is -0.315. The second-order valence-electron chi connectivity index (χ2n) is 5.71. The molecule has 0 spiro atoms. The van der Waals surface area contributed by atoms with Gasteiger partial charge in [-0.15, -0.1) is 0 Å². The van der Waals surface area contributed by atoms with Crippen molar-refractivity contribution < 1.29 is 14.3 Å². The maximum atomic E-state index is 12.5. The number of carbonyl (C=O) groups excluding carboxylic acids is 2. The van der Waals surface area contributed by atoms with Gasteiger partial charge in [-0.1, -0.05) is 13.8 Å². The maximum absolute atomic E-state index is 12.5. The van der Waals surface area contributed by atoms with Crippen molar-refractivity contribution >= 4 is 17.9 Å². The Morgan fingerprint density at radius 1 is 1.08 bits per heavy atom. The number of piperazine rings is 1. The van der Waals surface area contributed by atoms with E-state index in [2.05, 4.69) is 24.3 Å². The first-order valence-electron chi connectivity index (χ1n) is 8.54. The topological polar surface area (TPSA) is 79.7 Å². The van der Waals surface area contributed by atoms with Crippen molar-refractivity contribution in [2.24, 2.45) is 7.05 Å². The number of carbonyl (C=O) groups is 2. The fourth-order valence-electron chi connectivity index (χ4n) is 2.92. The molecule has 1 saturated heterocycles. The van der Waals surface area contributed by atoms with Gasteiger partial charge in [0.2, 0.25) is 0 Å². The molecule has 1 aliphatic rings. The molecular weight excluding hydrogens is 310 g/mol. The van der Waals surface area contributed by atoms with Gasteiger partial charge in [-0.3, -0.25) is 10.00 Å². The normalized spacial score (nSPS) is 14.7. The maximum Gasteiger partial charge on any atom is 0.409 e. The summed E-state index contributed by atoms with van der Waals surface area (Å²) in [5, 5.41) is 7.44. The van der Waals surface area contributed by atoms with Crippen molar-refractivity contribution in [2.75, 3.05) is 38.1 Å². The van der Waals surface area contributed by atoms with Gasteiger partial charge >= 0.3 is 12.1 Å². The number of aromatic nitrogens is 2. The third-order valence-electron chi connectivity index (χ3n) is 4.24. The molecule has 2 heterocycles. The summed E-state index contributed by atoms with van der Waals surface area (Å²) >= 11 is 0. The standard InChI is InChI=1S/C16H27N5O3/c1-5-12-13(6-2)18-19(4)14(12)17-15(22)20-8-10-21(11-9-20)16(23)24-7-3/h5-11H2,1-4H3,(H,17,22). The summed E-state index contributed by atoms with van der Waals surface area (Å²) in [4.78, 5) is 27.6. The van der Waals surface area contributed by atoms with Crippen LogP contribution in [0.1, 0.15) is 32.0 Å². The minimum Gasteiger partial charge on any atom is -0.450 e. The second-order valence-corrected chi connectivity index (χ2v) is 5.71. The number of rotatable bonds is 4. The zero-order valence-electron chi connectivity index (χ0n) is 15.0. The van der Waals surface area contributed by atoms with Crippen molar-refractivity contribution in [1.29, 1.82) is 0 Å². The van der Waals surface area contributed by atoms with Crippen LogP contribution in [0.4, 0.5) is 15.4 Å². The number of hydrogen-bond donors (Lipinski definition) is 1. The lowest BCUT2D eigenvalue weighted by atomic mass is 10.1. The van der Waals surface area contributed by atoms with E-state index in [0.29, 0.717) is 32.8 Å². The van der Waals surface area contributed by atoms with E-state index in [1.165, 1.54) is 0 Å². The van der Waals surface area contributed by atoms with E-state index in [1.807, 2.05) is 7.05 Å². The number of urea groups is 1. The molecule has 1 fully saturated rings. The number of amides is 3. The lowest BCUT2D eigenvalue weighted by Gasteiger charge is -2.34. The van der Waals surface area contributed by atoms with Gasteiger partial charge in [0.15, 0.2) is 0 Å². The predicted molar refractivity (Wildman–Crippen MR) is 91.2 cm³/mol. The largest absolute Gasteiger partial charge is 0.450 e. The van der Waals surface area contributed by atoms with Gasteiger partial charge in [-0.05, 0) is 19.8 Å². The number of hydrogen-bond acceptors (Lipinski definition) is 4. The Hall–Kier alpha value is -2.25. The summed E-state index contributed by atoms with van der Waals surface area (Å²) in [5.74, 6) is 0.757. The van der Waals surface area contributed by atoms with E-state index in [1.54, 1.807) is 21.4 Å². The number of aryl methyl sites for hydroxylation is 2. The minimum absolute atomic E-state index is 0.154. The van der Waals surface area contributed by atoms with Gasteiger partial charge in [0.1, 0.15) is 5.82 Å². The molecule has 0 saturated carbocycles. The van der Waals surface area contributed by atoms with Gasteiger partial charge in [0, 0.05) is 38.8 Å². The van der Waals surface area contributed by atoms with Crippen LogP contribution in [0.3, 0.4) is 0 Å². The zero-order valence-corrected chi connectivity index (χ0v) is 15.0. The van der Waals surface area contributed by atoms with Crippen LogP contribution >= 0.6 is 0 Å². The van der Waals surface area contributed by atoms with Crippen LogP contribution in [-0.2, 0) is 24.6 Å². The molecule has 0 radical (unpaired) electrons. The van der Waals surface area contributed by atoms with Gasteiger partial charge in [-0.25, -0.2) is 9.59 Å². The Balaban J connectivity index is 1.97. The summed E-state index contributed by atoms with van der Waals surface area (Å²) in [6.45, 7) is 8.21. The van der Waals surface area contributed by atoms with Crippen molar-refractivity contribution in [3.05, 3.63) is 11.3 Å². The van der Waals surface area contributed by atoms with E-state index in [-0.39, 0.29) is 12.1 Å². The molecule has 134 valence electrons. The first kappa shape index (κ1) is 18.1.